The minimum absolute atomic E-state index is 0.0611. The van der Waals surface area contributed by atoms with E-state index in [4.69, 9.17) is 0 Å². The number of carbonyl (C=O) groups is 1. The van der Waals surface area contributed by atoms with Gasteiger partial charge < -0.3 is 10.6 Å². The molecule has 3 heteroatoms. The van der Waals surface area contributed by atoms with Crippen molar-refractivity contribution in [3.05, 3.63) is 34.9 Å². The van der Waals surface area contributed by atoms with Gasteiger partial charge in [0.05, 0.1) is 0 Å². The van der Waals surface area contributed by atoms with Gasteiger partial charge >= 0.3 is 0 Å². The maximum atomic E-state index is 12.1. The van der Waals surface area contributed by atoms with Crippen molar-refractivity contribution in [2.75, 3.05) is 19.6 Å². The second-order valence-electron chi connectivity index (χ2n) is 5.22. The van der Waals surface area contributed by atoms with E-state index in [1.165, 1.54) is 5.56 Å². The third-order valence-corrected chi connectivity index (χ3v) is 3.64. The van der Waals surface area contributed by atoms with Crippen LogP contribution in [-0.4, -0.2) is 25.5 Å². The molecule has 3 nitrogen and oxygen atoms in total. The summed E-state index contributed by atoms with van der Waals surface area (Å²) in [6.45, 7) is 6.98. The van der Waals surface area contributed by atoms with Gasteiger partial charge in [0.1, 0.15) is 0 Å². The molecule has 1 amide bonds. The van der Waals surface area contributed by atoms with Crippen molar-refractivity contribution >= 4 is 5.91 Å². The Morgan fingerprint density at radius 2 is 2.06 bits per heavy atom. The average molecular weight is 246 g/mol. The van der Waals surface area contributed by atoms with Gasteiger partial charge in [-0.1, -0.05) is 17.7 Å². The molecule has 0 saturated carbocycles. The number of aryl methyl sites for hydroxylation is 2. The van der Waals surface area contributed by atoms with Crippen LogP contribution in [0.3, 0.4) is 0 Å². The van der Waals surface area contributed by atoms with E-state index in [9.17, 15) is 4.79 Å². The lowest BCUT2D eigenvalue weighted by Gasteiger charge is -2.22. The van der Waals surface area contributed by atoms with Crippen molar-refractivity contribution in [3.63, 3.8) is 0 Å². The first kappa shape index (κ1) is 13.1. The zero-order valence-corrected chi connectivity index (χ0v) is 11.3. The van der Waals surface area contributed by atoms with Crippen molar-refractivity contribution in [3.8, 4) is 0 Å². The number of hydrogen-bond acceptors (Lipinski definition) is 2. The maximum Gasteiger partial charge on any atom is 0.251 e. The summed E-state index contributed by atoms with van der Waals surface area (Å²) >= 11 is 0. The lowest BCUT2D eigenvalue weighted by Crippen LogP contribution is -2.36. The van der Waals surface area contributed by atoms with E-state index >= 15 is 0 Å². The predicted molar refractivity (Wildman–Crippen MR) is 73.8 cm³/mol. The van der Waals surface area contributed by atoms with E-state index in [2.05, 4.69) is 16.7 Å². The van der Waals surface area contributed by atoms with Gasteiger partial charge in [0, 0.05) is 12.1 Å². The fraction of sp³-hybridized carbons (Fsp3) is 0.533. The van der Waals surface area contributed by atoms with Crippen LogP contribution in [0.4, 0.5) is 0 Å². The molecule has 2 N–H and O–H groups in total. The van der Waals surface area contributed by atoms with Gasteiger partial charge in [-0.05, 0) is 57.3 Å². The summed E-state index contributed by atoms with van der Waals surface area (Å²) in [6, 6.07) is 5.97. The molecule has 1 aliphatic heterocycles. The highest BCUT2D eigenvalue weighted by Gasteiger charge is 2.15. The molecule has 2 rings (SSSR count). The van der Waals surface area contributed by atoms with Gasteiger partial charge in [0.15, 0.2) is 0 Å². The smallest absolute Gasteiger partial charge is 0.251 e. The molecule has 0 aromatic heterocycles. The van der Waals surface area contributed by atoms with E-state index in [1.807, 2.05) is 26.0 Å². The van der Waals surface area contributed by atoms with Crippen molar-refractivity contribution < 1.29 is 4.79 Å². The first-order valence-electron chi connectivity index (χ1n) is 6.73. The topological polar surface area (TPSA) is 41.1 Å². The molecule has 1 heterocycles. The lowest BCUT2D eigenvalue weighted by molar-refractivity contribution is 0.0943. The number of benzene rings is 1. The van der Waals surface area contributed by atoms with E-state index in [0.717, 1.165) is 43.6 Å². The highest BCUT2D eigenvalue weighted by atomic mass is 16.1. The minimum Gasteiger partial charge on any atom is -0.352 e. The number of piperidine rings is 1. The second kappa shape index (κ2) is 6.01. The molecular weight excluding hydrogens is 224 g/mol. The van der Waals surface area contributed by atoms with Crippen molar-refractivity contribution in [2.24, 2.45) is 5.92 Å². The molecule has 0 aliphatic carbocycles. The maximum absolute atomic E-state index is 12.1. The minimum atomic E-state index is 0.0611. The fourth-order valence-corrected chi connectivity index (χ4v) is 2.49. The molecular formula is C15H22N2O. The lowest BCUT2D eigenvalue weighted by atomic mass is 9.98. The molecule has 1 aliphatic rings. The largest absolute Gasteiger partial charge is 0.352 e. The number of rotatable bonds is 3. The Bertz CT molecular complexity index is 423. The highest BCUT2D eigenvalue weighted by Crippen LogP contribution is 2.12. The van der Waals surface area contributed by atoms with Crippen LogP contribution in [0.5, 0.6) is 0 Å². The van der Waals surface area contributed by atoms with Crippen molar-refractivity contribution in [1.29, 1.82) is 0 Å². The zero-order chi connectivity index (χ0) is 13.0. The summed E-state index contributed by atoms with van der Waals surface area (Å²) in [5.41, 5.74) is 3.05. The van der Waals surface area contributed by atoms with Gasteiger partial charge in [-0.3, -0.25) is 4.79 Å². The molecule has 1 saturated heterocycles. The normalized spacial score (nSPS) is 16.6. The first-order chi connectivity index (χ1) is 8.66. The van der Waals surface area contributed by atoms with Gasteiger partial charge in [-0.25, -0.2) is 0 Å². The summed E-state index contributed by atoms with van der Waals surface area (Å²) in [7, 11) is 0. The molecule has 0 atom stereocenters. The summed E-state index contributed by atoms with van der Waals surface area (Å²) in [5, 5.41) is 6.40. The molecule has 0 bridgehead atoms. The van der Waals surface area contributed by atoms with Crippen LogP contribution in [-0.2, 0) is 0 Å². The molecule has 1 aromatic rings. The van der Waals surface area contributed by atoms with Crippen LogP contribution in [0.2, 0.25) is 0 Å². The van der Waals surface area contributed by atoms with E-state index in [0.29, 0.717) is 5.92 Å². The predicted octanol–water partition coefficient (Wildman–Crippen LogP) is 2.03. The highest BCUT2D eigenvalue weighted by molar-refractivity contribution is 5.95. The molecule has 1 fully saturated rings. The standard InChI is InChI=1S/C15H22N2O/c1-11-3-4-14(12(2)9-11)15(18)17-10-13-5-7-16-8-6-13/h3-4,9,13,16H,5-8,10H2,1-2H3,(H,17,18). The quantitative estimate of drug-likeness (QED) is 0.857. The third-order valence-electron chi connectivity index (χ3n) is 3.64. The monoisotopic (exact) mass is 246 g/mol. The molecule has 0 spiro atoms. The Morgan fingerprint density at radius 1 is 1.33 bits per heavy atom. The zero-order valence-electron chi connectivity index (χ0n) is 11.3. The molecule has 18 heavy (non-hydrogen) atoms. The second-order valence-corrected chi connectivity index (χ2v) is 5.22. The molecule has 0 radical (unpaired) electrons. The SMILES string of the molecule is Cc1ccc(C(=O)NCC2CCNCC2)c(C)c1. The molecule has 98 valence electrons. The number of amides is 1. The van der Waals surface area contributed by atoms with E-state index < -0.39 is 0 Å². The van der Waals surface area contributed by atoms with Crippen LogP contribution >= 0.6 is 0 Å². The van der Waals surface area contributed by atoms with Crippen LogP contribution in [0.15, 0.2) is 18.2 Å². The Labute approximate surface area is 109 Å². The number of carbonyl (C=O) groups excluding carboxylic acids is 1. The van der Waals surface area contributed by atoms with Crippen LogP contribution in [0, 0.1) is 19.8 Å². The van der Waals surface area contributed by atoms with Gasteiger partial charge in [0.2, 0.25) is 0 Å². The third kappa shape index (κ3) is 3.33. The Kier molecular flexibility index (Phi) is 4.37. The Balaban J connectivity index is 1.90. The molecule has 0 unspecified atom stereocenters. The van der Waals surface area contributed by atoms with Gasteiger partial charge in [-0.15, -0.1) is 0 Å². The van der Waals surface area contributed by atoms with Crippen molar-refractivity contribution in [1.82, 2.24) is 10.6 Å². The summed E-state index contributed by atoms with van der Waals surface area (Å²) in [5.74, 6) is 0.687. The number of hydrogen-bond donors (Lipinski definition) is 2. The van der Waals surface area contributed by atoms with Gasteiger partial charge in [0.25, 0.3) is 5.91 Å². The van der Waals surface area contributed by atoms with Crippen molar-refractivity contribution in [2.45, 2.75) is 26.7 Å². The Morgan fingerprint density at radius 3 is 2.72 bits per heavy atom. The van der Waals surface area contributed by atoms with Crippen LogP contribution < -0.4 is 10.6 Å². The summed E-state index contributed by atoms with van der Waals surface area (Å²) in [6.07, 6.45) is 2.32. The summed E-state index contributed by atoms with van der Waals surface area (Å²) < 4.78 is 0. The molecule has 1 aromatic carbocycles. The van der Waals surface area contributed by atoms with Gasteiger partial charge in [-0.2, -0.15) is 0 Å². The fourth-order valence-electron chi connectivity index (χ4n) is 2.49. The average Bonchev–Trinajstić information content (AvgIpc) is 2.37. The first-order valence-corrected chi connectivity index (χ1v) is 6.73. The van der Waals surface area contributed by atoms with E-state index in [-0.39, 0.29) is 5.91 Å². The van der Waals surface area contributed by atoms with E-state index in [1.54, 1.807) is 0 Å². The van der Waals surface area contributed by atoms with Crippen LogP contribution in [0.25, 0.3) is 0 Å². The Hall–Kier alpha value is -1.35. The van der Waals surface area contributed by atoms with Crippen LogP contribution in [0.1, 0.15) is 34.3 Å². The number of nitrogens with one attached hydrogen (secondary N) is 2. The summed E-state index contributed by atoms with van der Waals surface area (Å²) in [4.78, 5) is 12.1.